The highest BCUT2D eigenvalue weighted by molar-refractivity contribution is 7.98. The van der Waals surface area contributed by atoms with Crippen LogP contribution in [0.5, 0.6) is 11.5 Å². The summed E-state index contributed by atoms with van der Waals surface area (Å²) in [6.07, 6.45) is 2.79. The maximum absolute atomic E-state index is 10.3. The summed E-state index contributed by atoms with van der Waals surface area (Å²) in [6, 6.07) is 22.2. The zero-order valence-corrected chi connectivity index (χ0v) is 19.4. The van der Waals surface area contributed by atoms with Crippen molar-refractivity contribution in [3.63, 3.8) is 0 Å². The molecular formula is C25H30N4O2S. The zero-order chi connectivity index (χ0) is 22.6. The van der Waals surface area contributed by atoms with Crippen LogP contribution in [0.3, 0.4) is 0 Å². The van der Waals surface area contributed by atoms with Gasteiger partial charge in [0, 0.05) is 43.2 Å². The first kappa shape index (κ1) is 23.8. The summed E-state index contributed by atoms with van der Waals surface area (Å²) in [5.74, 6) is 1.63. The van der Waals surface area contributed by atoms with Crippen molar-refractivity contribution in [2.45, 2.75) is 11.4 Å². The molecule has 7 heteroatoms. The fourth-order valence-corrected chi connectivity index (χ4v) is 3.53. The van der Waals surface area contributed by atoms with Gasteiger partial charge in [-0.2, -0.15) is 0 Å². The van der Waals surface area contributed by atoms with E-state index in [9.17, 15) is 4.79 Å². The Morgan fingerprint density at radius 3 is 2.34 bits per heavy atom. The normalized spacial score (nSPS) is 10.8. The third kappa shape index (κ3) is 7.67. The van der Waals surface area contributed by atoms with E-state index in [-0.39, 0.29) is 0 Å². The van der Waals surface area contributed by atoms with Gasteiger partial charge in [0.25, 0.3) is 0 Å². The number of nitrogens with zero attached hydrogens (tertiary/aromatic N) is 2. The molecule has 32 heavy (non-hydrogen) atoms. The number of rotatable bonds is 13. The topological polar surface area (TPSA) is 66.5 Å². The number of thioether (sulfide) groups is 1. The fraction of sp³-hybridized carbons (Fsp3) is 0.280. The first-order chi connectivity index (χ1) is 15.7. The summed E-state index contributed by atoms with van der Waals surface area (Å²) in [5, 5.41) is 6.11. The van der Waals surface area contributed by atoms with E-state index in [0.29, 0.717) is 13.1 Å². The SMILES string of the molecule is CSc1ccc(Oc2ccc(-c3cccc(CNCCN(C)CCNC=O)n3)cc2)cc1. The van der Waals surface area contributed by atoms with Crippen molar-refractivity contribution in [3.05, 3.63) is 72.4 Å². The van der Waals surface area contributed by atoms with Gasteiger partial charge in [-0.1, -0.05) is 6.07 Å². The van der Waals surface area contributed by atoms with Gasteiger partial charge in [0.1, 0.15) is 11.5 Å². The molecular weight excluding hydrogens is 420 g/mol. The first-order valence-corrected chi connectivity index (χ1v) is 11.8. The fourth-order valence-electron chi connectivity index (χ4n) is 3.12. The molecule has 1 aromatic heterocycles. The van der Waals surface area contributed by atoms with Gasteiger partial charge in [0.05, 0.1) is 11.4 Å². The molecule has 1 amide bonds. The summed E-state index contributed by atoms with van der Waals surface area (Å²) >= 11 is 1.71. The van der Waals surface area contributed by atoms with E-state index in [4.69, 9.17) is 9.72 Å². The van der Waals surface area contributed by atoms with Gasteiger partial charge in [0.15, 0.2) is 0 Å². The molecule has 0 saturated heterocycles. The molecule has 168 valence electrons. The molecule has 0 saturated carbocycles. The second kappa shape index (κ2) is 12.9. The molecule has 0 radical (unpaired) electrons. The van der Waals surface area contributed by atoms with Crippen LogP contribution in [0.1, 0.15) is 5.69 Å². The molecule has 0 aliphatic heterocycles. The minimum Gasteiger partial charge on any atom is -0.457 e. The standard InChI is InChI=1S/C25H30N4O2S/c1-29(17-15-27-19-30)16-14-26-18-21-4-3-5-25(28-21)20-6-8-22(9-7-20)31-23-10-12-24(32-2)13-11-23/h3-13,19,26H,14-18H2,1-2H3,(H,27,30). The molecule has 0 aliphatic carbocycles. The van der Waals surface area contributed by atoms with Gasteiger partial charge in [0.2, 0.25) is 6.41 Å². The number of hydrogen-bond donors (Lipinski definition) is 2. The van der Waals surface area contributed by atoms with Crippen molar-refractivity contribution in [2.24, 2.45) is 0 Å². The lowest BCUT2D eigenvalue weighted by Gasteiger charge is -2.16. The minimum absolute atomic E-state index is 0.664. The van der Waals surface area contributed by atoms with Gasteiger partial charge in [-0.3, -0.25) is 9.78 Å². The maximum Gasteiger partial charge on any atom is 0.207 e. The average Bonchev–Trinajstić information content (AvgIpc) is 2.83. The van der Waals surface area contributed by atoms with E-state index < -0.39 is 0 Å². The van der Waals surface area contributed by atoms with Crippen molar-refractivity contribution >= 4 is 18.2 Å². The number of benzene rings is 2. The lowest BCUT2D eigenvalue weighted by Crippen LogP contribution is -2.33. The van der Waals surface area contributed by atoms with Gasteiger partial charge >= 0.3 is 0 Å². The van der Waals surface area contributed by atoms with Crippen LogP contribution in [0.4, 0.5) is 0 Å². The summed E-state index contributed by atoms with van der Waals surface area (Å²) in [6.45, 7) is 3.96. The molecule has 3 aromatic rings. The first-order valence-electron chi connectivity index (χ1n) is 10.6. The van der Waals surface area contributed by atoms with Crippen LogP contribution in [-0.2, 0) is 11.3 Å². The van der Waals surface area contributed by atoms with Crippen molar-refractivity contribution < 1.29 is 9.53 Å². The quantitative estimate of drug-likeness (QED) is 0.233. The average molecular weight is 451 g/mol. The molecule has 3 rings (SSSR count). The molecule has 0 bridgehead atoms. The van der Waals surface area contributed by atoms with E-state index in [1.54, 1.807) is 11.8 Å². The second-order valence-corrected chi connectivity index (χ2v) is 8.25. The van der Waals surface area contributed by atoms with E-state index in [0.717, 1.165) is 54.5 Å². The largest absolute Gasteiger partial charge is 0.457 e. The number of likely N-dealkylation sites (N-methyl/N-ethyl adjacent to an activating group) is 1. The van der Waals surface area contributed by atoms with Crippen molar-refractivity contribution in [3.8, 4) is 22.8 Å². The maximum atomic E-state index is 10.3. The highest BCUT2D eigenvalue weighted by Crippen LogP contribution is 2.26. The molecule has 2 aromatic carbocycles. The predicted octanol–water partition coefficient (Wildman–Crippen LogP) is 4.03. The number of nitrogens with one attached hydrogen (secondary N) is 2. The predicted molar refractivity (Wildman–Crippen MR) is 131 cm³/mol. The van der Waals surface area contributed by atoms with E-state index in [2.05, 4.69) is 33.9 Å². The number of ether oxygens (including phenoxy) is 1. The highest BCUT2D eigenvalue weighted by atomic mass is 32.2. The Bertz CT molecular complexity index is 964. The summed E-state index contributed by atoms with van der Waals surface area (Å²) < 4.78 is 5.94. The Morgan fingerprint density at radius 1 is 0.969 bits per heavy atom. The van der Waals surface area contributed by atoms with Crippen LogP contribution in [0.15, 0.2) is 71.6 Å². The molecule has 0 unspecified atom stereocenters. The number of carbonyl (C=O) groups is 1. The third-order valence-corrected chi connectivity index (χ3v) is 5.69. The van der Waals surface area contributed by atoms with E-state index in [1.165, 1.54) is 4.90 Å². The van der Waals surface area contributed by atoms with Crippen LogP contribution >= 0.6 is 11.8 Å². The molecule has 0 aliphatic rings. The smallest absolute Gasteiger partial charge is 0.207 e. The van der Waals surface area contributed by atoms with E-state index >= 15 is 0 Å². The minimum atomic E-state index is 0.664. The Labute approximate surface area is 194 Å². The highest BCUT2D eigenvalue weighted by Gasteiger charge is 2.04. The monoisotopic (exact) mass is 450 g/mol. The van der Waals surface area contributed by atoms with Crippen molar-refractivity contribution in [1.82, 2.24) is 20.5 Å². The van der Waals surface area contributed by atoms with Gasteiger partial charge < -0.3 is 20.3 Å². The van der Waals surface area contributed by atoms with Crippen LogP contribution in [0.25, 0.3) is 11.3 Å². The molecule has 6 nitrogen and oxygen atoms in total. The molecule has 0 spiro atoms. The summed E-state index contributed by atoms with van der Waals surface area (Å²) in [5.41, 5.74) is 3.00. The van der Waals surface area contributed by atoms with Crippen molar-refractivity contribution in [1.29, 1.82) is 0 Å². The lowest BCUT2D eigenvalue weighted by molar-refractivity contribution is -0.109. The number of carbonyl (C=O) groups excluding carboxylic acids is 1. The third-order valence-electron chi connectivity index (χ3n) is 4.95. The molecule has 2 N–H and O–H groups in total. The van der Waals surface area contributed by atoms with E-state index in [1.807, 2.05) is 61.6 Å². The Hall–Kier alpha value is -2.87. The number of pyridine rings is 1. The van der Waals surface area contributed by atoms with Crippen LogP contribution in [0, 0.1) is 0 Å². The van der Waals surface area contributed by atoms with Gasteiger partial charge in [-0.05, 0) is 74.0 Å². The van der Waals surface area contributed by atoms with Crippen molar-refractivity contribution in [2.75, 3.05) is 39.5 Å². The number of hydrogen-bond acceptors (Lipinski definition) is 6. The zero-order valence-electron chi connectivity index (χ0n) is 18.6. The lowest BCUT2D eigenvalue weighted by atomic mass is 10.1. The molecule has 0 atom stereocenters. The summed E-state index contributed by atoms with van der Waals surface area (Å²) in [4.78, 5) is 18.5. The molecule has 1 heterocycles. The Kier molecular flexibility index (Phi) is 9.56. The van der Waals surface area contributed by atoms with Crippen LogP contribution in [-0.4, -0.2) is 55.8 Å². The Morgan fingerprint density at radius 2 is 1.66 bits per heavy atom. The number of aromatic nitrogens is 1. The summed E-state index contributed by atoms with van der Waals surface area (Å²) in [7, 11) is 2.04. The van der Waals surface area contributed by atoms with Crippen LogP contribution < -0.4 is 15.4 Å². The van der Waals surface area contributed by atoms with Gasteiger partial charge in [-0.25, -0.2) is 0 Å². The second-order valence-electron chi connectivity index (χ2n) is 7.37. The van der Waals surface area contributed by atoms with Crippen LogP contribution in [0.2, 0.25) is 0 Å². The molecule has 0 fully saturated rings. The van der Waals surface area contributed by atoms with Gasteiger partial charge in [-0.15, -0.1) is 11.8 Å². The Balaban J connectivity index is 1.50. The number of amides is 1.